The second-order valence-corrected chi connectivity index (χ2v) is 14.9. The van der Waals surface area contributed by atoms with Crippen molar-refractivity contribution in [3.8, 4) is 23.3 Å². The summed E-state index contributed by atoms with van der Waals surface area (Å²) in [5.74, 6) is -0.478. The van der Waals surface area contributed by atoms with E-state index in [0.717, 1.165) is 43.1 Å². The molecule has 6 unspecified atom stereocenters. The Balaban J connectivity index is 1.58. The maximum atomic E-state index is 14.7. The quantitative estimate of drug-likeness (QED) is 0.0535. The average Bonchev–Trinajstić information content (AvgIpc) is 3.23. The molecule has 6 atom stereocenters. The SMILES string of the molecule is C=CCOC12Oc3ccc(Oc4cccc(C=O)c4)cc3C3C(CCCCO)C(CCCCO)C=C(C(=NOC)CC1N(CCC)C(=O)c1ccc(C#N)cc1)C32. The highest BCUT2D eigenvalue weighted by atomic mass is 16.7. The molecule has 0 bridgehead atoms. The molecule has 11 heteroatoms. The van der Waals surface area contributed by atoms with Crippen molar-refractivity contribution in [3.63, 3.8) is 0 Å². The van der Waals surface area contributed by atoms with Crippen molar-refractivity contribution in [1.82, 2.24) is 4.90 Å². The van der Waals surface area contributed by atoms with E-state index in [1.54, 1.807) is 54.6 Å². The molecule has 6 rings (SSSR count). The van der Waals surface area contributed by atoms with E-state index < -0.39 is 17.7 Å². The number of carbonyl (C=O) groups excluding carboxylic acids is 2. The molecule has 11 nitrogen and oxygen atoms in total. The van der Waals surface area contributed by atoms with Crippen LogP contribution in [0.15, 0.2) is 96.2 Å². The lowest BCUT2D eigenvalue weighted by atomic mass is 9.55. The number of unbranched alkanes of at least 4 members (excludes halogenated alkanes) is 2. The molecule has 1 amide bonds. The topological polar surface area (TPSA) is 151 Å². The van der Waals surface area contributed by atoms with Gasteiger partial charge in [0.2, 0.25) is 5.79 Å². The maximum absolute atomic E-state index is 14.7. The number of amides is 1. The lowest BCUT2D eigenvalue weighted by Crippen LogP contribution is -2.70. The fraction of sp³-hybridized carbons (Fsp3) is 0.435. The summed E-state index contributed by atoms with van der Waals surface area (Å²) in [4.78, 5) is 33.7. The minimum absolute atomic E-state index is 0.0448. The van der Waals surface area contributed by atoms with Gasteiger partial charge in [0.25, 0.3) is 5.91 Å². The number of hydrogen-bond acceptors (Lipinski definition) is 10. The smallest absolute Gasteiger partial charge is 0.254 e. The van der Waals surface area contributed by atoms with E-state index in [1.165, 1.54) is 7.11 Å². The van der Waals surface area contributed by atoms with Crippen LogP contribution in [0.3, 0.4) is 0 Å². The summed E-state index contributed by atoms with van der Waals surface area (Å²) in [7, 11) is 1.52. The van der Waals surface area contributed by atoms with Crippen LogP contribution in [0.2, 0.25) is 0 Å². The molecular weight excluding hydrogens is 723 g/mol. The Bertz CT molecular complexity index is 1990. The van der Waals surface area contributed by atoms with Gasteiger partial charge in [-0.3, -0.25) is 9.59 Å². The molecule has 3 aromatic carbocycles. The fourth-order valence-electron chi connectivity index (χ4n) is 9.10. The van der Waals surface area contributed by atoms with Crippen LogP contribution in [0.25, 0.3) is 0 Å². The maximum Gasteiger partial charge on any atom is 0.254 e. The van der Waals surface area contributed by atoms with Gasteiger partial charge in [-0.1, -0.05) is 49.2 Å². The second kappa shape index (κ2) is 19.2. The molecule has 3 aromatic rings. The number of oxime groups is 1. The van der Waals surface area contributed by atoms with Crippen molar-refractivity contribution in [3.05, 3.63) is 113 Å². The van der Waals surface area contributed by atoms with Gasteiger partial charge in [0.1, 0.15) is 36.7 Å². The predicted molar refractivity (Wildman–Crippen MR) is 216 cm³/mol. The van der Waals surface area contributed by atoms with Crippen molar-refractivity contribution in [2.45, 2.75) is 76.0 Å². The number of nitriles is 1. The van der Waals surface area contributed by atoms with Gasteiger partial charge in [0, 0.05) is 48.8 Å². The van der Waals surface area contributed by atoms with Gasteiger partial charge in [-0.25, -0.2) is 0 Å². The van der Waals surface area contributed by atoms with Crippen LogP contribution >= 0.6 is 0 Å². The second-order valence-electron chi connectivity index (χ2n) is 14.9. The van der Waals surface area contributed by atoms with Crippen LogP contribution in [0.4, 0.5) is 0 Å². The zero-order valence-corrected chi connectivity index (χ0v) is 32.8. The van der Waals surface area contributed by atoms with E-state index in [1.807, 2.05) is 30.0 Å². The van der Waals surface area contributed by atoms with Gasteiger partial charge in [0.15, 0.2) is 0 Å². The molecule has 2 N–H and O–H groups in total. The Hall–Kier alpha value is -5.28. The van der Waals surface area contributed by atoms with Gasteiger partial charge in [0.05, 0.1) is 29.9 Å². The van der Waals surface area contributed by atoms with Gasteiger partial charge in [-0.2, -0.15) is 5.26 Å². The van der Waals surface area contributed by atoms with Gasteiger partial charge < -0.3 is 34.2 Å². The zero-order chi connectivity index (χ0) is 40.4. The van der Waals surface area contributed by atoms with Gasteiger partial charge in [-0.05, 0) is 104 Å². The van der Waals surface area contributed by atoms with Crippen molar-refractivity contribution < 1.29 is 38.9 Å². The lowest BCUT2D eigenvalue weighted by Gasteiger charge is -2.60. The normalized spacial score (nSPS) is 23.9. The van der Waals surface area contributed by atoms with E-state index in [4.69, 9.17) is 19.0 Å². The third-order valence-electron chi connectivity index (χ3n) is 11.4. The lowest BCUT2D eigenvalue weighted by molar-refractivity contribution is -0.254. The van der Waals surface area contributed by atoms with Crippen LogP contribution in [-0.2, 0) is 9.57 Å². The molecule has 0 radical (unpaired) electrons. The molecule has 1 fully saturated rings. The van der Waals surface area contributed by atoms with Crippen molar-refractivity contribution in [2.24, 2.45) is 22.9 Å². The van der Waals surface area contributed by atoms with Crippen LogP contribution in [0.1, 0.15) is 96.1 Å². The van der Waals surface area contributed by atoms with Crippen molar-refractivity contribution in [1.29, 1.82) is 5.26 Å². The molecule has 57 heavy (non-hydrogen) atoms. The number of aliphatic hydroxyl groups excluding tert-OH is 2. The van der Waals surface area contributed by atoms with Crippen LogP contribution in [0.5, 0.6) is 17.2 Å². The molecule has 3 aliphatic rings. The minimum atomic E-state index is -1.40. The Morgan fingerprint density at radius 1 is 1.05 bits per heavy atom. The van der Waals surface area contributed by atoms with E-state index >= 15 is 0 Å². The number of aldehydes is 1. The summed E-state index contributed by atoms with van der Waals surface area (Å²) < 4.78 is 20.7. The summed E-state index contributed by atoms with van der Waals surface area (Å²) in [6, 6.07) is 20.9. The monoisotopic (exact) mass is 775 g/mol. The summed E-state index contributed by atoms with van der Waals surface area (Å²) in [5.41, 5.74) is 3.96. The van der Waals surface area contributed by atoms with Crippen molar-refractivity contribution >= 4 is 17.9 Å². The number of allylic oxidation sites excluding steroid dienone is 1. The van der Waals surface area contributed by atoms with E-state index in [2.05, 4.69) is 23.9 Å². The van der Waals surface area contributed by atoms with Crippen LogP contribution in [0, 0.1) is 29.1 Å². The van der Waals surface area contributed by atoms with Gasteiger partial charge in [-0.15, -0.1) is 6.58 Å². The average molecular weight is 776 g/mol. The third kappa shape index (κ3) is 8.69. The standard InChI is InChI=1S/C46H53N3O8/c1-4-21-49(45(53)33-17-15-31(29-47)16-18-33)42-28-40(48-54-3)38-26-34(12-6-8-22-50)37(14-7-9-23-51)43-39-27-36(56-35-13-10-11-32(25-35)30-52)19-20-41(39)57-46(42,44(38)43)55-24-5-2/h5,10-11,13,15-20,25-27,30,34,37,42-44,50-51H,2,4,6-9,12,14,21-24,28H2,1,3H3. The number of ether oxygens (including phenoxy) is 3. The Morgan fingerprint density at radius 3 is 2.49 bits per heavy atom. The molecule has 0 spiro atoms. The molecule has 0 saturated heterocycles. The highest BCUT2D eigenvalue weighted by Gasteiger charge is 2.65. The third-order valence-corrected chi connectivity index (χ3v) is 11.4. The van der Waals surface area contributed by atoms with Crippen LogP contribution in [-0.4, -0.2) is 78.3 Å². The highest BCUT2D eigenvalue weighted by molar-refractivity contribution is 6.03. The largest absolute Gasteiger partial charge is 0.459 e. The van der Waals surface area contributed by atoms with E-state index in [-0.39, 0.29) is 49.9 Å². The molecular formula is C46H53N3O8. The van der Waals surface area contributed by atoms with Crippen molar-refractivity contribution in [2.75, 3.05) is 33.5 Å². The first kappa shape index (κ1) is 41.4. The molecule has 1 saturated carbocycles. The van der Waals surface area contributed by atoms with Crippen LogP contribution < -0.4 is 9.47 Å². The Labute approximate surface area is 335 Å². The number of carbonyl (C=O) groups is 2. The first-order chi connectivity index (χ1) is 27.9. The number of rotatable bonds is 19. The summed E-state index contributed by atoms with van der Waals surface area (Å²) in [6.07, 6.45) is 10.3. The highest BCUT2D eigenvalue weighted by Crippen LogP contribution is 2.62. The Morgan fingerprint density at radius 2 is 1.81 bits per heavy atom. The van der Waals surface area contributed by atoms with E-state index in [0.29, 0.717) is 65.5 Å². The molecule has 300 valence electrons. The number of fused-ring (bicyclic) bond motifs is 2. The number of aliphatic hydroxyl groups is 2. The molecule has 0 aromatic heterocycles. The minimum Gasteiger partial charge on any atom is -0.459 e. The summed E-state index contributed by atoms with van der Waals surface area (Å²) in [5, 5.41) is 33.8. The summed E-state index contributed by atoms with van der Waals surface area (Å²) >= 11 is 0. The zero-order valence-electron chi connectivity index (χ0n) is 32.8. The van der Waals surface area contributed by atoms with Gasteiger partial charge >= 0.3 is 0 Å². The first-order valence-electron chi connectivity index (χ1n) is 20.0. The van der Waals surface area contributed by atoms with E-state index in [9.17, 15) is 25.1 Å². The predicted octanol–water partition coefficient (Wildman–Crippen LogP) is 7.98. The fourth-order valence-corrected chi connectivity index (χ4v) is 9.10. The number of nitrogens with zero attached hydrogens (tertiary/aromatic N) is 3. The first-order valence-corrected chi connectivity index (χ1v) is 20.0. The molecule has 1 aliphatic heterocycles. The summed E-state index contributed by atoms with van der Waals surface area (Å²) in [6.45, 7) is 6.75. The molecule has 2 aliphatic carbocycles. The molecule has 1 heterocycles. The Kier molecular flexibility index (Phi) is 14.0. The number of benzene rings is 3. The number of hydrogen-bond donors (Lipinski definition) is 2.